The van der Waals surface area contributed by atoms with Gasteiger partial charge >= 0.3 is 0 Å². The molecule has 5 heteroatoms. The van der Waals surface area contributed by atoms with Crippen LogP contribution in [0.5, 0.6) is 0 Å². The number of H-pyrrole nitrogens is 1. The van der Waals surface area contributed by atoms with Crippen molar-refractivity contribution in [3.05, 3.63) is 36.7 Å². The van der Waals surface area contributed by atoms with E-state index in [-0.39, 0.29) is 11.5 Å². The van der Waals surface area contributed by atoms with Crippen LogP contribution in [0.1, 0.15) is 39.4 Å². The third-order valence-electron chi connectivity index (χ3n) is 3.44. The number of nitrogens with zero attached hydrogens (tertiary/aromatic N) is 3. The summed E-state index contributed by atoms with van der Waals surface area (Å²) < 4.78 is 2.11. The summed E-state index contributed by atoms with van der Waals surface area (Å²) in [6, 6.07) is 2.60. The number of nitrogens with one attached hydrogen (secondary N) is 2. The third-order valence-corrected chi connectivity index (χ3v) is 3.44. The summed E-state index contributed by atoms with van der Waals surface area (Å²) in [5, 5.41) is 10.7. The highest BCUT2D eigenvalue weighted by Gasteiger charge is 2.26. The van der Waals surface area contributed by atoms with Crippen LogP contribution in [-0.2, 0) is 6.54 Å². The first-order valence-electron chi connectivity index (χ1n) is 6.68. The number of hydrogen-bond donors (Lipinski definition) is 2. The van der Waals surface area contributed by atoms with Gasteiger partial charge in [-0.1, -0.05) is 20.8 Å². The molecule has 0 saturated heterocycles. The van der Waals surface area contributed by atoms with Crippen LogP contribution in [0.25, 0.3) is 0 Å². The highest BCUT2D eigenvalue weighted by atomic mass is 15.1. The molecule has 104 valence electrons. The van der Waals surface area contributed by atoms with Crippen molar-refractivity contribution in [1.82, 2.24) is 25.1 Å². The molecule has 0 saturated carbocycles. The zero-order chi connectivity index (χ0) is 13.9. The number of hydrogen-bond acceptors (Lipinski definition) is 3. The van der Waals surface area contributed by atoms with Gasteiger partial charge in [0.05, 0.1) is 12.0 Å². The van der Waals surface area contributed by atoms with Crippen LogP contribution in [-0.4, -0.2) is 25.8 Å². The SMILES string of the molecule is CC(NC(Cn1ccnc1)C(C)(C)C)c1ccn[nH]1. The van der Waals surface area contributed by atoms with Crippen LogP contribution in [0.4, 0.5) is 0 Å². The molecular weight excluding hydrogens is 238 g/mol. The summed E-state index contributed by atoms with van der Waals surface area (Å²) in [4.78, 5) is 4.11. The predicted octanol–water partition coefficient (Wildman–Crippen LogP) is 2.37. The minimum absolute atomic E-state index is 0.165. The summed E-state index contributed by atoms with van der Waals surface area (Å²) in [5.41, 5.74) is 1.28. The normalized spacial score (nSPS) is 15.4. The minimum atomic E-state index is 0.165. The van der Waals surface area contributed by atoms with Gasteiger partial charge in [-0.25, -0.2) is 4.98 Å². The zero-order valence-electron chi connectivity index (χ0n) is 12.1. The molecule has 2 rings (SSSR count). The molecule has 19 heavy (non-hydrogen) atoms. The van der Waals surface area contributed by atoms with Crippen LogP contribution in [0.2, 0.25) is 0 Å². The molecule has 2 aromatic rings. The molecule has 0 aliphatic rings. The molecule has 0 spiro atoms. The Labute approximate surface area is 114 Å². The number of aromatic nitrogens is 4. The van der Waals surface area contributed by atoms with E-state index in [9.17, 15) is 0 Å². The second-order valence-electron chi connectivity index (χ2n) is 6.08. The number of imidazole rings is 1. The van der Waals surface area contributed by atoms with Crippen LogP contribution in [0, 0.1) is 5.41 Å². The van der Waals surface area contributed by atoms with Gasteiger partial charge in [0.15, 0.2) is 0 Å². The van der Waals surface area contributed by atoms with Gasteiger partial charge in [0.2, 0.25) is 0 Å². The molecule has 0 aliphatic heterocycles. The van der Waals surface area contributed by atoms with Crippen LogP contribution in [0.15, 0.2) is 31.0 Å². The van der Waals surface area contributed by atoms with Gasteiger partial charge in [-0.05, 0) is 18.4 Å². The first kappa shape index (κ1) is 13.8. The topological polar surface area (TPSA) is 58.5 Å². The van der Waals surface area contributed by atoms with Crippen molar-refractivity contribution in [1.29, 1.82) is 0 Å². The molecule has 0 aromatic carbocycles. The van der Waals surface area contributed by atoms with E-state index in [2.05, 4.69) is 52.8 Å². The van der Waals surface area contributed by atoms with E-state index in [4.69, 9.17) is 0 Å². The second kappa shape index (κ2) is 5.57. The smallest absolute Gasteiger partial charge is 0.0946 e. The molecule has 0 bridgehead atoms. The van der Waals surface area contributed by atoms with Gasteiger partial charge in [-0.3, -0.25) is 5.10 Å². The second-order valence-corrected chi connectivity index (χ2v) is 6.08. The van der Waals surface area contributed by atoms with Crippen molar-refractivity contribution >= 4 is 0 Å². The van der Waals surface area contributed by atoms with E-state index in [1.54, 1.807) is 6.20 Å². The van der Waals surface area contributed by atoms with E-state index in [0.717, 1.165) is 12.2 Å². The Hall–Kier alpha value is -1.62. The maximum atomic E-state index is 4.11. The van der Waals surface area contributed by atoms with Crippen LogP contribution in [0.3, 0.4) is 0 Å². The van der Waals surface area contributed by atoms with Crippen LogP contribution < -0.4 is 5.32 Å². The first-order valence-corrected chi connectivity index (χ1v) is 6.68. The Kier molecular flexibility index (Phi) is 4.04. The van der Waals surface area contributed by atoms with Crippen molar-refractivity contribution in [2.24, 2.45) is 5.41 Å². The molecule has 0 fully saturated rings. The summed E-state index contributed by atoms with van der Waals surface area (Å²) in [7, 11) is 0. The van der Waals surface area contributed by atoms with E-state index < -0.39 is 0 Å². The molecule has 5 nitrogen and oxygen atoms in total. The Balaban J connectivity index is 2.06. The molecule has 2 heterocycles. The predicted molar refractivity (Wildman–Crippen MR) is 75.6 cm³/mol. The van der Waals surface area contributed by atoms with Gasteiger partial charge in [0.25, 0.3) is 0 Å². The van der Waals surface area contributed by atoms with Crippen molar-refractivity contribution < 1.29 is 0 Å². The van der Waals surface area contributed by atoms with Crippen LogP contribution >= 0.6 is 0 Å². The third kappa shape index (κ3) is 3.67. The average Bonchev–Trinajstić information content (AvgIpc) is 2.99. The lowest BCUT2D eigenvalue weighted by Crippen LogP contribution is -2.44. The van der Waals surface area contributed by atoms with Gasteiger partial charge in [0, 0.05) is 37.2 Å². The Bertz CT molecular complexity index is 466. The standard InChI is InChI=1S/C14H23N5/c1-11(12-5-6-16-18-12)17-13(14(2,3)4)9-19-8-7-15-10-19/h5-8,10-11,13,17H,9H2,1-4H3,(H,16,18). The molecule has 0 radical (unpaired) electrons. The monoisotopic (exact) mass is 261 g/mol. The van der Waals surface area contributed by atoms with Crippen molar-refractivity contribution in [2.75, 3.05) is 0 Å². The maximum Gasteiger partial charge on any atom is 0.0946 e. The fourth-order valence-electron chi connectivity index (χ4n) is 2.08. The average molecular weight is 261 g/mol. The summed E-state index contributed by atoms with van der Waals surface area (Å²) in [5.74, 6) is 0. The lowest BCUT2D eigenvalue weighted by molar-refractivity contribution is 0.224. The molecule has 2 unspecified atom stereocenters. The highest BCUT2D eigenvalue weighted by Crippen LogP contribution is 2.23. The van der Waals surface area contributed by atoms with Gasteiger partial charge in [-0.15, -0.1) is 0 Å². The van der Waals surface area contributed by atoms with Crippen molar-refractivity contribution in [2.45, 2.75) is 46.3 Å². The molecule has 0 aliphatic carbocycles. The summed E-state index contributed by atoms with van der Waals surface area (Å²) >= 11 is 0. The van der Waals surface area contributed by atoms with Crippen molar-refractivity contribution in [3.8, 4) is 0 Å². The molecule has 0 amide bonds. The van der Waals surface area contributed by atoms with E-state index in [1.807, 2.05) is 24.8 Å². The van der Waals surface area contributed by atoms with Gasteiger partial charge in [0.1, 0.15) is 0 Å². The molecule has 2 N–H and O–H groups in total. The van der Waals surface area contributed by atoms with E-state index >= 15 is 0 Å². The lowest BCUT2D eigenvalue weighted by atomic mass is 9.86. The Morgan fingerprint density at radius 3 is 2.68 bits per heavy atom. The van der Waals surface area contributed by atoms with Gasteiger partial charge < -0.3 is 9.88 Å². The van der Waals surface area contributed by atoms with Crippen molar-refractivity contribution in [3.63, 3.8) is 0 Å². The minimum Gasteiger partial charge on any atom is -0.336 e. The molecule has 2 atom stereocenters. The quantitative estimate of drug-likeness (QED) is 0.868. The summed E-state index contributed by atoms with van der Waals surface area (Å²) in [6.45, 7) is 9.81. The van der Waals surface area contributed by atoms with E-state index in [1.165, 1.54) is 0 Å². The fraction of sp³-hybridized carbons (Fsp3) is 0.571. The Morgan fingerprint density at radius 2 is 2.16 bits per heavy atom. The van der Waals surface area contributed by atoms with E-state index in [0.29, 0.717) is 6.04 Å². The lowest BCUT2D eigenvalue weighted by Gasteiger charge is -2.34. The largest absolute Gasteiger partial charge is 0.336 e. The number of rotatable bonds is 5. The fourth-order valence-corrected chi connectivity index (χ4v) is 2.08. The first-order chi connectivity index (χ1) is 8.97. The highest BCUT2D eigenvalue weighted by molar-refractivity contribution is 5.04. The molecule has 2 aromatic heterocycles. The van der Waals surface area contributed by atoms with Gasteiger partial charge in [-0.2, -0.15) is 5.10 Å². The number of aromatic amines is 1. The Morgan fingerprint density at radius 1 is 1.37 bits per heavy atom. The summed E-state index contributed by atoms with van der Waals surface area (Å²) in [6.07, 6.45) is 7.47. The zero-order valence-corrected chi connectivity index (χ0v) is 12.1. The molecular formula is C14H23N5. The maximum absolute atomic E-state index is 4.11.